The summed E-state index contributed by atoms with van der Waals surface area (Å²) in [6.07, 6.45) is 0.422. The van der Waals surface area contributed by atoms with Crippen molar-refractivity contribution in [2.75, 3.05) is 19.8 Å². The lowest BCUT2D eigenvalue weighted by Gasteiger charge is -2.30. The second kappa shape index (κ2) is 12.0. The summed E-state index contributed by atoms with van der Waals surface area (Å²) in [5.41, 5.74) is 4.01. The standard InChI is InChI=1S/C27H37N3O3/c1-6-21(4)29(17-24(31)19-32-7-2)18-26-22(5)28-30(23-13-9-8-10-14-23)27(26)33-25-15-11-12-20(3)16-25/h8-16,21,24,31H,6-7,17-19H2,1-5H3/t21-,24+/m0/s1. The molecule has 0 amide bonds. The molecule has 178 valence electrons. The van der Waals surface area contributed by atoms with Gasteiger partial charge in [-0.2, -0.15) is 5.10 Å². The van der Waals surface area contributed by atoms with E-state index in [1.807, 2.05) is 67.1 Å². The lowest BCUT2D eigenvalue weighted by molar-refractivity contribution is 0.0111. The number of para-hydroxylation sites is 1. The third-order valence-electron chi connectivity index (χ3n) is 5.88. The number of aromatic nitrogens is 2. The van der Waals surface area contributed by atoms with Gasteiger partial charge < -0.3 is 14.6 Å². The number of ether oxygens (including phenoxy) is 2. The van der Waals surface area contributed by atoms with E-state index in [2.05, 4.69) is 31.7 Å². The Morgan fingerprint density at radius 1 is 1.06 bits per heavy atom. The van der Waals surface area contributed by atoms with Crippen LogP contribution in [0.15, 0.2) is 54.6 Å². The highest BCUT2D eigenvalue weighted by atomic mass is 16.5. The van der Waals surface area contributed by atoms with Crippen molar-refractivity contribution in [2.45, 2.75) is 59.7 Å². The van der Waals surface area contributed by atoms with Crippen molar-refractivity contribution in [2.24, 2.45) is 0 Å². The molecule has 0 aliphatic rings. The molecule has 6 nitrogen and oxygen atoms in total. The molecule has 2 atom stereocenters. The summed E-state index contributed by atoms with van der Waals surface area (Å²) in [5.74, 6) is 1.48. The van der Waals surface area contributed by atoms with Crippen molar-refractivity contribution in [3.05, 3.63) is 71.4 Å². The van der Waals surface area contributed by atoms with Crippen LogP contribution in [-0.4, -0.2) is 51.7 Å². The summed E-state index contributed by atoms with van der Waals surface area (Å²) in [6, 6.07) is 18.4. The van der Waals surface area contributed by atoms with E-state index >= 15 is 0 Å². The molecule has 0 spiro atoms. The maximum Gasteiger partial charge on any atom is 0.227 e. The van der Waals surface area contributed by atoms with E-state index in [1.165, 1.54) is 0 Å². The highest BCUT2D eigenvalue weighted by Crippen LogP contribution is 2.32. The lowest BCUT2D eigenvalue weighted by Crippen LogP contribution is -2.40. The summed E-state index contributed by atoms with van der Waals surface area (Å²) in [4.78, 5) is 2.28. The summed E-state index contributed by atoms with van der Waals surface area (Å²) in [7, 11) is 0. The number of aryl methyl sites for hydroxylation is 2. The molecule has 3 rings (SSSR count). The van der Waals surface area contributed by atoms with Gasteiger partial charge in [-0.1, -0.05) is 37.3 Å². The van der Waals surface area contributed by atoms with Crippen LogP contribution < -0.4 is 4.74 Å². The van der Waals surface area contributed by atoms with E-state index in [4.69, 9.17) is 14.6 Å². The molecule has 1 N–H and O–H groups in total. The molecule has 0 bridgehead atoms. The Balaban J connectivity index is 1.99. The summed E-state index contributed by atoms with van der Waals surface area (Å²) in [5, 5.41) is 15.4. The number of hydrogen-bond donors (Lipinski definition) is 1. The van der Waals surface area contributed by atoms with E-state index in [-0.39, 0.29) is 6.04 Å². The molecule has 33 heavy (non-hydrogen) atoms. The Bertz CT molecular complexity index is 1000. The van der Waals surface area contributed by atoms with Crippen molar-refractivity contribution in [3.8, 4) is 17.3 Å². The van der Waals surface area contributed by atoms with Gasteiger partial charge in [-0.05, 0) is 63.9 Å². The first-order valence-corrected chi connectivity index (χ1v) is 11.8. The average Bonchev–Trinajstić information content (AvgIpc) is 3.12. The van der Waals surface area contributed by atoms with Crippen LogP contribution >= 0.6 is 0 Å². The minimum Gasteiger partial charge on any atom is -0.439 e. The van der Waals surface area contributed by atoms with Crippen LogP contribution in [0.1, 0.15) is 44.0 Å². The molecule has 6 heteroatoms. The molecule has 0 aliphatic heterocycles. The summed E-state index contributed by atoms with van der Waals surface area (Å²) < 4.78 is 13.8. The molecule has 0 radical (unpaired) electrons. The van der Waals surface area contributed by atoms with Crippen LogP contribution in [0.2, 0.25) is 0 Å². The van der Waals surface area contributed by atoms with E-state index in [0.29, 0.717) is 32.2 Å². The van der Waals surface area contributed by atoms with Gasteiger partial charge in [-0.3, -0.25) is 4.90 Å². The fraction of sp³-hybridized carbons (Fsp3) is 0.444. The first-order chi connectivity index (χ1) is 15.9. The van der Waals surface area contributed by atoms with Gasteiger partial charge in [0, 0.05) is 25.7 Å². The summed E-state index contributed by atoms with van der Waals surface area (Å²) in [6.45, 7) is 12.4. The Morgan fingerprint density at radius 2 is 1.82 bits per heavy atom. The van der Waals surface area contributed by atoms with Gasteiger partial charge in [-0.25, -0.2) is 4.68 Å². The van der Waals surface area contributed by atoms with Crippen LogP contribution in [0, 0.1) is 13.8 Å². The lowest BCUT2D eigenvalue weighted by atomic mass is 10.1. The number of aliphatic hydroxyl groups is 1. The Labute approximate surface area is 197 Å². The fourth-order valence-corrected chi connectivity index (χ4v) is 3.80. The zero-order valence-corrected chi connectivity index (χ0v) is 20.5. The number of nitrogens with zero attached hydrogens (tertiary/aromatic N) is 3. The highest BCUT2D eigenvalue weighted by molar-refractivity contribution is 5.43. The van der Waals surface area contributed by atoms with Crippen molar-refractivity contribution in [3.63, 3.8) is 0 Å². The maximum absolute atomic E-state index is 10.5. The molecule has 0 fully saturated rings. The maximum atomic E-state index is 10.5. The Kier molecular flexibility index (Phi) is 9.06. The predicted molar refractivity (Wildman–Crippen MR) is 132 cm³/mol. The van der Waals surface area contributed by atoms with Crippen LogP contribution in [0.25, 0.3) is 5.69 Å². The third kappa shape index (κ3) is 6.67. The second-order valence-corrected chi connectivity index (χ2v) is 8.54. The molecule has 1 heterocycles. The van der Waals surface area contributed by atoms with Gasteiger partial charge in [0.25, 0.3) is 0 Å². The zero-order chi connectivity index (χ0) is 23.8. The molecule has 0 saturated carbocycles. The molecule has 0 aliphatic carbocycles. The van der Waals surface area contributed by atoms with E-state index < -0.39 is 6.10 Å². The zero-order valence-electron chi connectivity index (χ0n) is 20.5. The predicted octanol–water partition coefficient (Wildman–Crippen LogP) is 5.28. The molecule has 2 aromatic carbocycles. The first kappa shape index (κ1) is 25.0. The van der Waals surface area contributed by atoms with Gasteiger partial charge in [-0.15, -0.1) is 0 Å². The van der Waals surface area contributed by atoms with E-state index in [0.717, 1.165) is 34.7 Å². The van der Waals surface area contributed by atoms with Gasteiger partial charge in [0.1, 0.15) is 5.75 Å². The molecule has 0 unspecified atom stereocenters. The molecular weight excluding hydrogens is 414 g/mol. The topological polar surface area (TPSA) is 59.8 Å². The van der Waals surface area contributed by atoms with Gasteiger partial charge in [0.15, 0.2) is 0 Å². The SMILES string of the molecule is CCOC[C@H](O)CN(Cc1c(C)nn(-c2ccccc2)c1Oc1cccc(C)c1)[C@@H](C)CC. The number of aliphatic hydroxyl groups excluding tert-OH is 1. The first-order valence-electron chi connectivity index (χ1n) is 11.8. The van der Waals surface area contributed by atoms with Crippen LogP contribution in [0.3, 0.4) is 0 Å². The quantitative estimate of drug-likeness (QED) is 0.406. The minimum absolute atomic E-state index is 0.285. The van der Waals surface area contributed by atoms with Gasteiger partial charge in [0.2, 0.25) is 5.88 Å². The van der Waals surface area contributed by atoms with Crippen molar-refractivity contribution >= 4 is 0 Å². The molecular formula is C27H37N3O3. The number of rotatable bonds is 12. The van der Waals surface area contributed by atoms with Crippen LogP contribution in [-0.2, 0) is 11.3 Å². The second-order valence-electron chi connectivity index (χ2n) is 8.54. The van der Waals surface area contributed by atoms with Crippen LogP contribution in [0.4, 0.5) is 0 Å². The van der Waals surface area contributed by atoms with Gasteiger partial charge in [0.05, 0.1) is 29.7 Å². The van der Waals surface area contributed by atoms with Gasteiger partial charge >= 0.3 is 0 Å². The smallest absolute Gasteiger partial charge is 0.227 e. The molecule has 1 aromatic heterocycles. The fourth-order valence-electron chi connectivity index (χ4n) is 3.80. The normalized spacial score (nSPS) is 13.3. The van der Waals surface area contributed by atoms with Crippen molar-refractivity contribution < 1.29 is 14.6 Å². The monoisotopic (exact) mass is 451 g/mol. The minimum atomic E-state index is -0.551. The highest BCUT2D eigenvalue weighted by Gasteiger charge is 2.24. The van der Waals surface area contributed by atoms with Crippen molar-refractivity contribution in [1.29, 1.82) is 0 Å². The van der Waals surface area contributed by atoms with E-state index in [1.54, 1.807) is 0 Å². The number of hydrogen-bond acceptors (Lipinski definition) is 5. The summed E-state index contributed by atoms with van der Waals surface area (Å²) >= 11 is 0. The molecule has 0 saturated heterocycles. The number of benzene rings is 2. The van der Waals surface area contributed by atoms with E-state index in [9.17, 15) is 5.11 Å². The average molecular weight is 452 g/mol. The van der Waals surface area contributed by atoms with Crippen molar-refractivity contribution in [1.82, 2.24) is 14.7 Å². The Hall–Kier alpha value is -2.67. The van der Waals surface area contributed by atoms with Crippen LogP contribution in [0.5, 0.6) is 11.6 Å². The largest absolute Gasteiger partial charge is 0.439 e. The third-order valence-corrected chi connectivity index (χ3v) is 5.88. The Morgan fingerprint density at radius 3 is 2.48 bits per heavy atom. The molecule has 3 aromatic rings.